The maximum absolute atomic E-state index is 12.5. The standard InChI is InChI=1S/C46H46O8/c1-41-18-42(2)20-44(19-41,34-12-10-32(40(53)54)36-28(34)6-4-8-30(36)38(49)50)24-46(21-41,22-42)45-16-25-13-26(17-45)15-43(14-25,23-45)33-11-9-31(39(51)52)35-27(33)5-3-7-29(35)37(47)48/h3-12,25-26H,13-24H2,1-2H3,(H,47,48)(H,49,50)(H,51,52)(H,53,54). The number of carboxylic acid groups (broad SMARTS) is 4. The van der Waals surface area contributed by atoms with E-state index in [2.05, 4.69) is 13.8 Å². The molecule has 8 bridgehead atoms. The molecular formula is C46H46O8. The highest BCUT2D eigenvalue weighted by molar-refractivity contribution is 6.14. The highest BCUT2D eigenvalue weighted by atomic mass is 16.4. The molecule has 8 fully saturated rings. The Balaban J connectivity index is 1.16. The Bertz CT molecular complexity index is 2330. The summed E-state index contributed by atoms with van der Waals surface area (Å²) >= 11 is 0. The molecule has 4 aromatic carbocycles. The van der Waals surface area contributed by atoms with Gasteiger partial charge in [-0.2, -0.15) is 0 Å². The number of hydrogen-bond acceptors (Lipinski definition) is 4. The molecule has 0 spiro atoms. The van der Waals surface area contributed by atoms with Crippen molar-refractivity contribution in [2.75, 3.05) is 0 Å². The zero-order valence-corrected chi connectivity index (χ0v) is 30.8. The largest absolute Gasteiger partial charge is 0.478 e. The van der Waals surface area contributed by atoms with E-state index in [1.807, 2.05) is 24.3 Å². The van der Waals surface area contributed by atoms with Gasteiger partial charge in [0.1, 0.15) is 0 Å². The predicted molar refractivity (Wildman–Crippen MR) is 203 cm³/mol. The minimum absolute atomic E-state index is 0.0134. The van der Waals surface area contributed by atoms with Crippen molar-refractivity contribution in [2.24, 2.45) is 33.5 Å². The van der Waals surface area contributed by atoms with Gasteiger partial charge in [-0.25, -0.2) is 19.2 Å². The molecule has 278 valence electrons. The van der Waals surface area contributed by atoms with Crippen LogP contribution >= 0.6 is 0 Å². The van der Waals surface area contributed by atoms with E-state index < -0.39 is 23.9 Å². The van der Waals surface area contributed by atoms with Gasteiger partial charge in [0.25, 0.3) is 0 Å². The second-order valence-corrected chi connectivity index (χ2v) is 19.8. The SMILES string of the molecule is CC12CC3(C)CC(c4ccc(C(=O)O)c5c(C(=O)O)cccc45)(C1)CC(C14CC5CC(CC(c6ccc(C(=O)O)c7c(C(=O)O)cccc67)(C5)C1)C4)(C2)C3. The van der Waals surface area contributed by atoms with Crippen LogP contribution in [0.25, 0.3) is 21.5 Å². The minimum atomic E-state index is -1.13. The third kappa shape index (κ3) is 4.37. The number of carbonyl (C=O) groups is 4. The fraction of sp³-hybridized carbons (Fsp3) is 0.478. The van der Waals surface area contributed by atoms with E-state index >= 15 is 0 Å². The Kier molecular flexibility index (Phi) is 6.59. The molecule has 4 atom stereocenters. The topological polar surface area (TPSA) is 149 Å². The smallest absolute Gasteiger partial charge is 0.336 e. The molecule has 4 unspecified atom stereocenters. The lowest BCUT2D eigenvalue weighted by atomic mass is 9.27. The molecule has 12 rings (SSSR count). The van der Waals surface area contributed by atoms with Gasteiger partial charge in [-0.05, 0) is 168 Å². The summed E-state index contributed by atoms with van der Waals surface area (Å²) in [6, 6.07) is 17.8. The fourth-order valence-corrected chi connectivity index (χ4v) is 16.2. The van der Waals surface area contributed by atoms with Crippen LogP contribution in [-0.4, -0.2) is 44.3 Å². The Morgan fingerprint density at radius 1 is 0.481 bits per heavy atom. The molecule has 0 aromatic heterocycles. The predicted octanol–water partition coefficient (Wildman–Crippen LogP) is 9.94. The summed E-state index contributed by atoms with van der Waals surface area (Å²) in [6.45, 7) is 4.95. The zero-order chi connectivity index (χ0) is 37.8. The van der Waals surface area contributed by atoms with Gasteiger partial charge in [-0.1, -0.05) is 50.2 Å². The number of fused-ring (bicyclic) bond motifs is 2. The van der Waals surface area contributed by atoms with Crippen molar-refractivity contribution in [3.05, 3.63) is 94.0 Å². The van der Waals surface area contributed by atoms with Crippen LogP contribution in [0.1, 0.15) is 143 Å². The first-order valence-corrected chi connectivity index (χ1v) is 19.6. The van der Waals surface area contributed by atoms with Gasteiger partial charge >= 0.3 is 23.9 Å². The van der Waals surface area contributed by atoms with Crippen LogP contribution < -0.4 is 0 Å². The maximum Gasteiger partial charge on any atom is 0.336 e. The van der Waals surface area contributed by atoms with Crippen molar-refractivity contribution in [3.8, 4) is 0 Å². The number of benzene rings is 4. The monoisotopic (exact) mass is 726 g/mol. The summed E-state index contributed by atoms with van der Waals surface area (Å²) in [7, 11) is 0. The summed E-state index contributed by atoms with van der Waals surface area (Å²) in [5, 5.41) is 43.1. The Morgan fingerprint density at radius 2 is 0.907 bits per heavy atom. The van der Waals surface area contributed by atoms with E-state index in [1.54, 1.807) is 24.3 Å². The van der Waals surface area contributed by atoms with Crippen molar-refractivity contribution in [3.63, 3.8) is 0 Å². The molecular weight excluding hydrogens is 680 g/mol. The minimum Gasteiger partial charge on any atom is -0.478 e. The van der Waals surface area contributed by atoms with Crippen LogP contribution in [0.15, 0.2) is 60.7 Å². The van der Waals surface area contributed by atoms with E-state index in [4.69, 9.17) is 0 Å². The highest BCUT2D eigenvalue weighted by Gasteiger charge is 2.74. The molecule has 8 saturated carbocycles. The van der Waals surface area contributed by atoms with Gasteiger partial charge in [0.2, 0.25) is 0 Å². The normalized spacial score (nSPS) is 37.2. The quantitative estimate of drug-likeness (QED) is 0.147. The lowest BCUT2D eigenvalue weighted by Crippen LogP contribution is -2.69. The van der Waals surface area contributed by atoms with Crippen LogP contribution in [0.2, 0.25) is 0 Å². The van der Waals surface area contributed by atoms with Crippen molar-refractivity contribution < 1.29 is 39.6 Å². The number of hydrogen-bond donors (Lipinski definition) is 4. The van der Waals surface area contributed by atoms with E-state index in [9.17, 15) is 39.6 Å². The van der Waals surface area contributed by atoms with Gasteiger partial charge in [0, 0.05) is 10.8 Å². The molecule has 0 heterocycles. The van der Waals surface area contributed by atoms with Crippen LogP contribution in [-0.2, 0) is 10.8 Å². The van der Waals surface area contributed by atoms with Crippen molar-refractivity contribution >= 4 is 45.4 Å². The molecule has 0 radical (unpaired) electrons. The highest BCUT2D eigenvalue weighted by Crippen LogP contribution is 2.83. The van der Waals surface area contributed by atoms with Gasteiger partial charge in [0.05, 0.1) is 22.3 Å². The number of carboxylic acids is 4. The van der Waals surface area contributed by atoms with E-state index in [-0.39, 0.29) is 54.7 Å². The summed E-state index contributed by atoms with van der Waals surface area (Å²) in [5.74, 6) is -3.44. The summed E-state index contributed by atoms with van der Waals surface area (Å²) in [6.07, 6.45) is 13.0. The third-order valence-corrected chi connectivity index (χ3v) is 15.9. The Hall–Kier alpha value is -4.72. The van der Waals surface area contributed by atoms with Gasteiger partial charge in [-0.15, -0.1) is 0 Å². The molecule has 8 heteroatoms. The van der Waals surface area contributed by atoms with Crippen LogP contribution in [0, 0.1) is 33.5 Å². The molecule has 0 saturated heterocycles. The zero-order valence-electron chi connectivity index (χ0n) is 30.8. The molecule has 54 heavy (non-hydrogen) atoms. The maximum atomic E-state index is 12.5. The lowest BCUT2D eigenvalue weighted by molar-refractivity contribution is -0.249. The second-order valence-electron chi connectivity index (χ2n) is 19.8. The molecule has 4 N–H and O–H groups in total. The fourth-order valence-electron chi connectivity index (χ4n) is 16.2. The molecule has 8 nitrogen and oxygen atoms in total. The third-order valence-electron chi connectivity index (χ3n) is 15.9. The molecule has 4 aromatic rings. The van der Waals surface area contributed by atoms with Crippen molar-refractivity contribution in [1.29, 1.82) is 0 Å². The van der Waals surface area contributed by atoms with Gasteiger partial charge in [0.15, 0.2) is 0 Å². The van der Waals surface area contributed by atoms with E-state index in [1.165, 1.54) is 31.4 Å². The van der Waals surface area contributed by atoms with Crippen molar-refractivity contribution in [1.82, 2.24) is 0 Å². The lowest BCUT2D eigenvalue weighted by Gasteiger charge is -2.77. The number of aromatic carboxylic acids is 4. The summed E-state index contributed by atoms with van der Waals surface area (Å²) < 4.78 is 0. The first-order chi connectivity index (χ1) is 25.5. The van der Waals surface area contributed by atoms with Gasteiger partial charge < -0.3 is 20.4 Å². The Morgan fingerprint density at radius 3 is 1.37 bits per heavy atom. The van der Waals surface area contributed by atoms with Gasteiger partial charge in [-0.3, -0.25) is 0 Å². The summed E-state index contributed by atoms with van der Waals surface area (Å²) in [5.41, 5.74) is 2.07. The first-order valence-electron chi connectivity index (χ1n) is 19.6. The second kappa shape index (κ2) is 10.5. The average molecular weight is 727 g/mol. The molecule has 8 aliphatic carbocycles. The van der Waals surface area contributed by atoms with Crippen molar-refractivity contribution in [2.45, 2.75) is 102 Å². The summed E-state index contributed by atoms with van der Waals surface area (Å²) in [4.78, 5) is 50.1. The molecule has 0 aliphatic heterocycles. The Labute approximate surface area is 313 Å². The molecule has 0 amide bonds. The van der Waals surface area contributed by atoms with E-state index in [0.29, 0.717) is 22.6 Å². The average Bonchev–Trinajstić information content (AvgIpc) is 3.07. The van der Waals surface area contributed by atoms with E-state index in [0.717, 1.165) is 79.7 Å². The van der Waals surface area contributed by atoms with Crippen LogP contribution in [0.3, 0.4) is 0 Å². The van der Waals surface area contributed by atoms with Crippen LogP contribution in [0.5, 0.6) is 0 Å². The first kappa shape index (κ1) is 33.8. The van der Waals surface area contributed by atoms with Crippen LogP contribution in [0.4, 0.5) is 0 Å². The number of rotatable bonds is 7. The molecule has 8 aliphatic rings.